The number of aryl methyl sites for hydroxylation is 2. The van der Waals surface area contributed by atoms with E-state index in [-0.39, 0.29) is 17.4 Å². The van der Waals surface area contributed by atoms with Crippen molar-refractivity contribution in [2.75, 3.05) is 6.61 Å². The fourth-order valence-corrected chi connectivity index (χ4v) is 6.61. The number of fused-ring (bicyclic) bond motifs is 3. The Kier molecular flexibility index (Phi) is 5.81. The Bertz CT molecular complexity index is 1180. The van der Waals surface area contributed by atoms with Crippen molar-refractivity contribution >= 4 is 39.0 Å². The maximum atomic E-state index is 13.6. The van der Waals surface area contributed by atoms with Gasteiger partial charge in [-0.2, -0.15) is 0 Å². The molecule has 0 N–H and O–H groups in total. The predicted molar refractivity (Wildman–Crippen MR) is 122 cm³/mol. The molecule has 0 amide bonds. The average Bonchev–Trinajstić information content (AvgIpc) is 3.42. The second-order valence-corrected chi connectivity index (χ2v) is 10.1. The van der Waals surface area contributed by atoms with Gasteiger partial charge in [0, 0.05) is 29.4 Å². The molecule has 5 rings (SSSR count). The summed E-state index contributed by atoms with van der Waals surface area (Å²) in [6.07, 6.45) is 6.32. The van der Waals surface area contributed by atoms with Crippen LogP contribution in [0.2, 0.25) is 0 Å². The summed E-state index contributed by atoms with van der Waals surface area (Å²) in [6.45, 7) is 1.27. The number of aromatic nitrogens is 2. The molecule has 0 spiro atoms. The number of nitro groups is 1. The van der Waals surface area contributed by atoms with E-state index in [2.05, 4.69) is 0 Å². The minimum Gasteiger partial charge on any atom is -0.376 e. The zero-order valence-corrected chi connectivity index (χ0v) is 18.7. The molecule has 1 aromatic carbocycles. The van der Waals surface area contributed by atoms with Gasteiger partial charge < -0.3 is 4.74 Å². The van der Waals surface area contributed by atoms with Crippen LogP contribution in [0.3, 0.4) is 0 Å². The van der Waals surface area contributed by atoms with E-state index in [9.17, 15) is 14.9 Å². The Hall–Kier alpha value is -2.23. The minimum absolute atomic E-state index is 0.0464. The van der Waals surface area contributed by atoms with Crippen LogP contribution >= 0.6 is 23.1 Å². The van der Waals surface area contributed by atoms with E-state index in [1.54, 1.807) is 28.0 Å². The molecule has 31 heavy (non-hydrogen) atoms. The van der Waals surface area contributed by atoms with Crippen LogP contribution in [-0.4, -0.2) is 27.2 Å². The van der Waals surface area contributed by atoms with E-state index in [1.165, 1.54) is 40.8 Å². The maximum Gasteiger partial charge on any atom is 0.269 e. The van der Waals surface area contributed by atoms with E-state index < -0.39 is 4.92 Å². The average molecular weight is 458 g/mol. The number of benzene rings is 1. The molecular weight excluding hydrogens is 434 g/mol. The molecule has 3 aromatic rings. The first-order chi connectivity index (χ1) is 15.1. The number of thioether (sulfide) groups is 1. The number of thiophene rings is 1. The summed E-state index contributed by atoms with van der Waals surface area (Å²) in [6, 6.07) is 6.55. The van der Waals surface area contributed by atoms with Gasteiger partial charge >= 0.3 is 0 Å². The maximum absolute atomic E-state index is 13.6. The van der Waals surface area contributed by atoms with Gasteiger partial charge in [-0.3, -0.25) is 19.5 Å². The van der Waals surface area contributed by atoms with Crippen LogP contribution in [0.15, 0.2) is 34.2 Å². The fourth-order valence-electron chi connectivity index (χ4n) is 4.34. The van der Waals surface area contributed by atoms with Gasteiger partial charge in [0.25, 0.3) is 11.2 Å². The summed E-state index contributed by atoms with van der Waals surface area (Å²) < 4.78 is 7.62. The molecule has 2 aromatic heterocycles. The molecule has 0 radical (unpaired) electrons. The Labute approximate surface area is 187 Å². The molecule has 7 nitrogen and oxygen atoms in total. The second kappa shape index (κ2) is 8.72. The second-order valence-electron chi connectivity index (χ2n) is 8.05. The molecule has 1 aliphatic carbocycles. The Morgan fingerprint density at radius 2 is 2.03 bits per heavy atom. The van der Waals surface area contributed by atoms with Crippen molar-refractivity contribution < 1.29 is 9.66 Å². The summed E-state index contributed by atoms with van der Waals surface area (Å²) >= 11 is 3.17. The van der Waals surface area contributed by atoms with E-state index in [0.717, 1.165) is 54.5 Å². The number of ether oxygens (including phenoxy) is 1. The molecule has 1 aliphatic heterocycles. The third-order valence-electron chi connectivity index (χ3n) is 5.97. The van der Waals surface area contributed by atoms with Gasteiger partial charge in [-0.05, 0) is 49.7 Å². The first-order valence-corrected chi connectivity index (χ1v) is 12.4. The SMILES string of the molecule is O=c1c2c3c(sc2nc(SCc2ccc([N+](=O)[O-])cc2)n1CC1CCCO1)CCCC3. The number of non-ortho nitro benzene ring substituents is 1. The standard InChI is InChI=1S/C22H23N3O4S2/c26-21-19-17-5-1-2-6-18(17)31-20(19)23-22(24(21)12-16-4-3-11-29-16)30-13-14-7-9-15(10-8-14)25(27)28/h7-10,16H,1-6,11-13H2. The van der Waals surface area contributed by atoms with Gasteiger partial charge in [-0.15, -0.1) is 11.3 Å². The van der Waals surface area contributed by atoms with Gasteiger partial charge in [0.15, 0.2) is 5.16 Å². The van der Waals surface area contributed by atoms with E-state index >= 15 is 0 Å². The van der Waals surface area contributed by atoms with Crippen molar-refractivity contribution in [2.24, 2.45) is 0 Å². The largest absolute Gasteiger partial charge is 0.376 e. The first kappa shape index (κ1) is 20.7. The smallest absolute Gasteiger partial charge is 0.269 e. The van der Waals surface area contributed by atoms with E-state index in [0.29, 0.717) is 17.5 Å². The van der Waals surface area contributed by atoms with Crippen LogP contribution in [-0.2, 0) is 29.9 Å². The van der Waals surface area contributed by atoms with Crippen LogP contribution < -0.4 is 5.56 Å². The molecule has 9 heteroatoms. The predicted octanol–water partition coefficient (Wildman–Crippen LogP) is 4.72. The highest BCUT2D eigenvalue weighted by molar-refractivity contribution is 7.98. The lowest BCUT2D eigenvalue weighted by atomic mass is 9.97. The van der Waals surface area contributed by atoms with Crippen molar-refractivity contribution in [3.63, 3.8) is 0 Å². The number of nitrogens with zero attached hydrogens (tertiary/aromatic N) is 3. The first-order valence-electron chi connectivity index (χ1n) is 10.6. The lowest BCUT2D eigenvalue weighted by Crippen LogP contribution is -2.29. The fraction of sp³-hybridized carbons (Fsp3) is 0.455. The number of hydrogen-bond donors (Lipinski definition) is 0. The normalized spacial score (nSPS) is 18.4. The summed E-state index contributed by atoms with van der Waals surface area (Å²) in [4.78, 5) is 31.2. The summed E-state index contributed by atoms with van der Waals surface area (Å²) in [7, 11) is 0. The van der Waals surface area contributed by atoms with Crippen LogP contribution in [0.5, 0.6) is 0 Å². The van der Waals surface area contributed by atoms with Gasteiger partial charge in [-0.25, -0.2) is 4.98 Å². The van der Waals surface area contributed by atoms with Crippen molar-refractivity contribution in [2.45, 2.75) is 62.1 Å². The molecule has 162 valence electrons. The van der Waals surface area contributed by atoms with Crippen LogP contribution in [0.4, 0.5) is 5.69 Å². The summed E-state index contributed by atoms with van der Waals surface area (Å²) in [5, 5.41) is 12.4. The third kappa shape index (κ3) is 4.14. The zero-order valence-electron chi connectivity index (χ0n) is 17.0. The van der Waals surface area contributed by atoms with Crippen molar-refractivity contribution in [3.8, 4) is 0 Å². The van der Waals surface area contributed by atoms with Crippen LogP contribution in [0.25, 0.3) is 10.2 Å². The summed E-state index contributed by atoms with van der Waals surface area (Å²) in [5.41, 5.74) is 2.29. The van der Waals surface area contributed by atoms with Gasteiger partial charge in [0.2, 0.25) is 0 Å². The lowest BCUT2D eigenvalue weighted by molar-refractivity contribution is -0.384. The Morgan fingerprint density at radius 3 is 2.77 bits per heavy atom. The molecule has 1 saturated heterocycles. The van der Waals surface area contributed by atoms with Gasteiger partial charge in [0.05, 0.1) is 23.0 Å². The molecular formula is C22H23N3O4S2. The quantitative estimate of drug-likeness (QED) is 0.230. The number of rotatable bonds is 6. The highest BCUT2D eigenvalue weighted by atomic mass is 32.2. The van der Waals surface area contributed by atoms with E-state index in [4.69, 9.17) is 9.72 Å². The van der Waals surface area contributed by atoms with Crippen molar-refractivity contribution in [1.82, 2.24) is 9.55 Å². The molecule has 3 heterocycles. The Balaban J connectivity index is 1.50. The minimum atomic E-state index is -0.399. The molecule has 1 atom stereocenters. The molecule has 1 fully saturated rings. The zero-order chi connectivity index (χ0) is 21.4. The molecule has 2 aliphatic rings. The van der Waals surface area contributed by atoms with Crippen LogP contribution in [0, 0.1) is 10.1 Å². The van der Waals surface area contributed by atoms with Gasteiger partial charge in [0.1, 0.15) is 4.83 Å². The highest BCUT2D eigenvalue weighted by Crippen LogP contribution is 2.35. The van der Waals surface area contributed by atoms with Crippen molar-refractivity contribution in [3.05, 3.63) is 60.7 Å². The number of hydrogen-bond acceptors (Lipinski definition) is 7. The van der Waals surface area contributed by atoms with E-state index in [1.807, 2.05) is 0 Å². The molecule has 0 saturated carbocycles. The third-order valence-corrected chi connectivity index (χ3v) is 8.20. The van der Waals surface area contributed by atoms with Gasteiger partial charge in [-0.1, -0.05) is 23.9 Å². The van der Waals surface area contributed by atoms with Crippen LogP contribution in [0.1, 0.15) is 41.7 Å². The highest BCUT2D eigenvalue weighted by Gasteiger charge is 2.25. The topological polar surface area (TPSA) is 87.3 Å². The summed E-state index contributed by atoms with van der Waals surface area (Å²) in [5.74, 6) is 0.590. The van der Waals surface area contributed by atoms with Crippen molar-refractivity contribution in [1.29, 1.82) is 0 Å². The monoisotopic (exact) mass is 457 g/mol. The number of nitro benzene ring substituents is 1. The lowest BCUT2D eigenvalue weighted by Gasteiger charge is -2.16. The molecule has 1 unspecified atom stereocenters. The molecule has 0 bridgehead atoms. The Morgan fingerprint density at radius 1 is 1.23 bits per heavy atom.